The summed E-state index contributed by atoms with van der Waals surface area (Å²) in [4.78, 5) is 8.55. The van der Waals surface area contributed by atoms with Gasteiger partial charge in [0.2, 0.25) is 0 Å². The van der Waals surface area contributed by atoms with E-state index in [0.29, 0.717) is 12.5 Å². The smallest absolute Gasteiger partial charge is 0.0661 e. The van der Waals surface area contributed by atoms with Crippen molar-refractivity contribution in [3.05, 3.63) is 60.2 Å². The van der Waals surface area contributed by atoms with Gasteiger partial charge in [-0.25, -0.2) is 0 Å². The van der Waals surface area contributed by atoms with E-state index in [4.69, 9.17) is 5.73 Å². The molecule has 0 bridgehead atoms. The number of nitrogens with zero attached hydrogens (tertiary/aromatic N) is 2. The van der Waals surface area contributed by atoms with Gasteiger partial charge >= 0.3 is 0 Å². The van der Waals surface area contributed by atoms with Gasteiger partial charge in [-0.1, -0.05) is 30.3 Å². The van der Waals surface area contributed by atoms with Crippen molar-refractivity contribution in [1.82, 2.24) is 9.97 Å². The van der Waals surface area contributed by atoms with E-state index < -0.39 is 0 Å². The van der Waals surface area contributed by atoms with Crippen LogP contribution in [0.2, 0.25) is 0 Å². The molecule has 1 heterocycles. The minimum absolute atomic E-state index is 0.299. The fourth-order valence-electron chi connectivity index (χ4n) is 1.98. The maximum atomic E-state index is 5.60. The van der Waals surface area contributed by atoms with E-state index in [-0.39, 0.29) is 0 Å². The summed E-state index contributed by atoms with van der Waals surface area (Å²) in [6.07, 6.45) is 7.30. The molecule has 2 N–H and O–H groups in total. The van der Waals surface area contributed by atoms with Crippen molar-refractivity contribution in [2.45, 2.75) is 18.8 Å². The zero-order valence-electron chi connectivity index (χ0n) is 9.79. The molecule has 1 atom stereocenters. The topological polar surface area (TPSA) is 51.8 Å². The van der Waals surface area contributed by atoms with Crippen molar-refractivity contribution in [2.24, 2.45) is 5.73 Å². The second kappa shape index (κ2) is 6.11. The quantitative estimate of drug-likeness (QED) is 0.853. The number of rotatable bonds is 5. The maximum Gasteiger partial charge on any atom is 0.0661 e. The van der Waals surface area contributed by atoms with E-state index in [2.05, 4.69) is 34.2 Å². The van der Waals surface area contributed by atoms with Crippen LogP contribution in [-0.4, -0.2) is 16.5 Å². The predicted molar refractivity (Wildman–Crippen MR) is 68.6 cm³/mol. The largest absolute Gasteiger partial charge is 0.330 e. The Morgan fingerprint density at radius 1 is 1.12 bits per heavy atom. The van der Waals surface area contributed by atoms with Gasteiger partial charge in [-0.3, -0.25) is 9.97 Å². The summed E-state index contributed by atoms with van der Waals surface area (Å²) in [7, 11) is 0. The highest BCUT2D eigenvalue weighted by Gasteiger charge is 2.14. The summed E-state index contributed by atoms with van der Waals surface area (Å²) in [5, 5.41) is 0. The van der Waals surface area contributed by atoms with E-state index in [1.807, 2.05) is 12.3 Å². The van der Waals surface area contributed by atoms with Gasteiger partial charge in [0.25, 0.3) is 0 Å². The average molecular weight is 227 g/mol. The molecule has 0 saturated carbocycles. The molecule has 0 aliphatic rings. The Balaban J connectivity index is 2.26. The first-order chi connectivity index (χ1) is 8.42. The molecule has 2 aromatic rings. The minimum atomic E-state index is 0.299. The summed E-state index contributed by atoms with van der Waals surface area (Å²) in [6.45, 7) is 0.712. The van der Waals surface area contributed by atoms with Crippen molar-refractivity contribution in [2.75, 3.05) is 6.54 Å². The monoisotopic (exact) mass is 227 g/mol. The SMILES string of the molecule is NCCC[C@@H](c1ccccc1)c1cnccn1. The molecule has 1 aromatic carbocycles. The molecule has 1 aromatic heterocycles. The number of hydrogen-bond donors (Lipinski definition) is 1. The Morgan fingerprint density at radius 3 is 2.59 bits per heavy atom. The normalized spacial score (nSPS) is 12.3. The van der Waals surface area contributed by atoms with Gasteiger partial charge in [0, 0.05) is 24.5 Å². The van der Waals surface area contributed by atoms with Gasteiger partial charge in [0.1, 0.15) is 0 Å². The van der Waals surface area contributed by atoms with Gasteiger partial charge in [-0.05, 0) is 24.9 Å². The molecular weight excluding hydrogens is 210 g/mol. The lowest BCUT2D eigenvalue weighted by molar-refractivity contribution is 0.652. The van der Waals surface area contributed by atoms with Crippen LogP contribution in [0.1, 0.15) is 30.0 Å². The summed E-state index contributed by atoms with van der Waals surface area (Å²) in [5.74, 6) is 0.299. The zero-order chi connectivity index (χ0) is 11.9. The van der Waals surface area contributed by atoms with Gasteiger partial charge in [0.15, 0.2) is 0 Å². The fraction of sp³-hybridized carbons (Fsp3) is 0.286. The van der Waals surface area contributed by atoms with Crippen LogP contribution >= 0.6 is 0 Å². The molecule has 0 amide bonds. The van der Waals surface area contributed by atoms with Gasteiger partial charge in [-0.2, -0.15) is 0 Å². The highest BCUT2D eigenvalue weighted by atomic mass is 14.8. The van der Waals surface area contributed by atoms with Crippen LogP contribution in [0.3, 0.4) is 0 Å². The van der Waals surface area contributed by atoms with Gasteiger partial charge in [-0.15, -0.1) is 0 Å². The van der Waals surface area contributed by atoms with Crippen LogP contribution in [-0.2, 0) is 0 Å². The molecule has 0 radical (unpaired) electrons. The van der Waals surface area contributed by atoms with Crippen LogP contribution in [0.5, 0.6) is 0 Å². The molecule has 0 fully saturated rings. The number of benzene rings is 1. The van der Waals surface area contributed by atoms with Gasteiger partial charge < -0.3 is 5.73 Å². The third-order valence-electron chi connectivity index (χ3n) is 2.84. The maximum absolute atomic E-state index is 5.60. The number of nitrogens with two attached hydrogens (primary N) is 1. The van der Waals surface area contributed by atoms with E-state index in [9.17, 15) is 0 Å². The molecule has 0 spiro atoms. The molecule has 0 saturated heterocycles. The summed E-state index contributed by atoms with van der Waals surface area (Å²) in [5.41, 5.74) is 7.90. The Morgan fingerprint density at radius 2 is 1.94 bits per heavy atom. The minimum Gasteiger partial charge on any atom is -0.330 e. The van der Waals surface area contributed by atoms with Crippen LogP contribution in [0.4, 0.5) is 0 Å². The Labute approximate surface area is 102 Å². The third kappa shape index (κ3) is 3.11. The van der Waals surface area contributed by atoms with Crippen molar-refractivity contribution in [3.8, 4) is 0 Å². The van der Waals surface area contributed by atoms with Gasteiger partial charge in [0.05, 0.1) is 5.69 Å². The fourth-order valence-corrected chi connectivity index (χ4v) is 1.98. The first-order valence-electron chi connectivity index (χ1n) is 5.92. The molecule has 3 nitrogen and oxygen atoms in total. The molecule has 0 aliphatic heterocycles. The van der Waals surface area contributed by atoms with Crippen LogP contribution in [0, 0.1) is 0 Å². The van der Waals surface area contributed by atoms with Crippen LogP contribution in [0.25, 0.3) is 0 Å². The first-order valence-corrected chi connectivity index (χ1v) is 5.92. The third-order valence-corrected chi connectivity index (χ3v) is 2.84. The molecule has 0 aliphatic carbocycles. The van der Waals surface area contributed by atoms with Crippen LogP contribution in [0.15, 0.2) is 48.9 Å². The van der Waals surface area contributed by atoms with E-state index in [1.54, 1.807) is 12.4 Å². The van der Waals surface area contributed by atoms with E-state index in [0.717, 1.165) is 18.5 Å². The Kier molecular flexibility index (Phi) is 4.22. The summed E-state index contributed by atoms with van der Waals surface area (Å²) >= 11 is 0. The first kappa shape index (κ1) is 11.7. The second-order valence-corrected chi connectivity index (χ2v) is 4.02. The summed E-state index contributed by atoms with van der Waals surface area (Å²) < 4.78 is 0. The molecule has 2 rings (SSSR count). The lowest BCUT2D eigenvalue weighted by Crippen LogP contribution is -2.07. The molecule has 3 heteroatoms. The van der Waals surface area contributed by atoms with Crippen molar-refractivity contribution < 1.29 is 0 Å². The molecule has 88 valence electrons. The van der Waals surface area contributed by atoms with E-state index >= 15 is 0 Å². The zero-order valence-corrected chi connectivity index (χ0v) is 9.79. The van der Waals surface area contributed by atoms with Crippen molar-refractivity contribution in [1.29, 1.82) is 0 Å². The average Bonchev–Trinajstić information content (AvgIpc) is 2.42. The summed E-state index contributed by atoms with van der Waals surface area (Å²) in [6, 6.07) is 10.4. The molecule has 17 heavy (non-hydrogen) atoms. The van der Waals surface area contributed by atoms with E-state index in [1.165, 1.54) is 5.56 Å². The lowest BCUT2D eigenvalue weighted by atomic mass is 9.91. The predicted octanol–water partition coefficient (Wildman–Crippen LogP) is 2.35. The Bertz CT molecular complexity index is 388. The molecule has 0 unspecified atom stereocenters. The lowest BCUT2D eigenvalue weighted by Gasteiger charge is -2.15. The second-order valence-electron chi connectivity index (χ2n) is 4.02. The Hall–Kier alpha value is -1.74. The van der Waals surface area contributed by atoms with Crippen molar-refractivity contribution >= 4 is 0 Å². The van der Waals surface area contributed by atoms with Crippen molar-refractivity contribution in [3.63, 3.8) is 0 Å². The highest BCUT2D eigenvalue weighted by Crippen LogP contribution is 2.26. The number of hydrogen-bond acceptors (Lipinski definition) is 3. The number of aromatic nitrogens is 2. The van der Waals surface area contributed by atoms with Crippen LogP contribution < -0.4 is 5.73 Å². The standard InChI is InChI=1S/C14H17N3/c15-8-4-7-13(12-5-2-1-3-6-12)14-11-16-9-10-17-14/h1-3,5-6,9-11,13H,4,7-8,15H2/t13-/m0/s1. The molecular formula is C14H17N3. The highest BCUT2D eigenvalue weighted by molar-refractivity contribution is 5.26.